The summed E-state index contributed by atoms with van der Waals surface area (Å²) in [6, 6.07) is 5.24. The van der Waals surface area contributed by atoms with E-state index in [2.05, 4.69) is 15.3 Å². The quantitative estimate of drug-likeness (QED) is 0.755. The number of hydrogen-bond donors (Lipinski definition) is 2. The molecule has 1 aliphatic heterocycles. The van der Waals surface area contributed by atoms with Crippen molar-refractivity contribution in [1.82, 2.24) is 15.3 Å². The summed E-state index contributed by atoms with van der Waals surface area (Å²) >= 11 is 0. The lowest BCUT2D eigenvalue weighted by atomic mass is 10.00. The van der Waals surface area contributed by atoms with Gasteiger partial charge < -0.3 is 10.4 Å². The summed E-state index contributed by atoms with van der Waals surface area (Å²) in [4.78, 5) is 8.58. The Morgan fingerprint density at radius 1 is 1.31 bits per heavy atom. The number of benzene rings is 1. The van der Waals surface area contributed by atoms with Crippen LogP contribution in [0.3, 0.4) is 0 Å². The fraction of sp³-hybridized carbons (Fsp3) is 0.333. The first-order chi connectivity index (χ1) is 7.84. The lowest BCUT2D eigenvalue weighted by molar-refractivity contribution is 0.476. The van der Waals surface area contributed by atoms with Crippen molar-refractivity contribution in [3.05, 3.63) is 30.2 Å². The zero-order valence-electron chi connectivity index (χ0n) is 8.85. The van der Waals surface area contributed by atoms with Crippen molar-refractivity contribution in [3.63, 3.8) is 0 Å². The van der Waals surface area contributed by atoms with Gasteiger partial charge in [0.15, 0.2) is 0 Å². The number of phenols is 1. The van der Waals surface area contributed by atoms with Crippen LogP contribution in [0, 0.1) is 0 Å². The van der Waals surface area contributed by atoms with Gasteiger partial charge in [0, 0.05) is 17.8 Å². The van der Waals surface area contributed by atoms with Gasteiger partial charge in [-0.1, -0.05) is 0 Å². The van der Waals surface area contributed by atoms with Crippen molar-refractivity contribution in [1.29, 1.82) is 0 Å². The zero-order chi connectivity index (χ0) is 11.0. The topological polar surface area (TPSA) is 58.0 Å². The zero-order valence-corrected chi connectivity index (χ0v) is 8.85. The first-order valence-electron chi connectivity index (χ1n) is 5.49. The largest absolute Gasteiger partial charge is 0.508 e. The number of rotatable bonds is 1. The van der Waals surface area contributed by atoms with E-state index in [4.69, 9.17) is 0 Å². The van der Waals surface area contributed by atoms with Crippen molar-refractivity contribution in [2.75, 3.05) is 13.1 Å². The second-order valence-electron chi connectivity index (χ2n) is 4.15. The van der Waals surface area contributed by atoms with Gasteiger partial charge in [0.2, 0.25) is 0 Å². The highest BCUT2D eigenvalue weighted by molar-refractivity contribution is 5.82. The van der Waals surface area contributed by atoms with Crippen LogP contribution in [-0.4, -0.2) is 28.2 Å². The first-order valence-corrected chi connectivity index (χ1v) is 5.49. The highest BCUT2D eigenvalue weighted by atomic mass is 16.3. The number of hydrogen-bond acceptors (Lipinski definition) is 4. The van der Waals surface area contributed by atoms with E-state index in [1.54, 1.807) is 18.5 Å². The number of nitrogens with one attached hydrogen (secondary N) is 1. The molecule has 0 aliphatic carbocycles. The molecule has 1 aromatic carbocycles. The van der Waals surface area contributed by atoms with Crippen LogP contribution in [0.2, 0.25) is 0 Å². The Morgan fingerprint density at radius 3 is 3.06 bits per heavy atom. The second kappa shape index (κ2) is 3.72. The molecule has 2 aromatic rings. The third-order valence-electron chi connectivity index (χ3n) is 3.10. The fourth-order valence-electron chi connectivity index (χ4n) is 2.28. The molecule has 1 fully saturated rings. The summed E-state index contributed by atoms with van der Waals surface area (Å²) in [6.45, 7) is 2.00. The molecule has 2 heterocycles. The summed E-state index contributed by atoms with van der Waals surface area (Å²) in [5.41, 5.74) is 1.95. The van der Waals surface area contributed by atoms with Gasteiger partial charge >= 0.3 is 0 Å². The van der Waals surface area contributed by atoms with Gasteiger partial charge in [-0.2, -0.15) is 0 Å². The third kappa shape index (κ3) is 1.51. The Bertz CT molecular complexity index is 521. The minimum absolute atomic E-state index is 0.273. The van der Waals surface area contributed by atoms with Crippen LogP contribution in [-0.2, 0) is 0 Å². The van der Waals surface area contributed by atoms with Crippen molar-refractivity contribution in [2.24, 2.45) is 0 Å². The molecule has 2 N–H and O–H groups in total. The van der Waals surface area contributed by atoms with Gasteiger partial charge in [-0.05, 0) is 31.2 Å². The van der Waals surface area contributed by atoms with E-state index in [1.165, 1.54) is 0 Å². The molecule has 0 saturated carbocycles. The van der Waals surface area contributed by atoms with Crippen molar-refractivity contribution >= 4 is 10.9 Å². The fourth-order valence-corrected chi connectivity index (χ4v) is 2.28. The molecule has 3 rings (SSSR count). The molecule has 1 aliphatic rings. The van der Waals surface area contributed by atoms with Gasteiger partial charge in [-0.25, -0.2) is 9.97 Å². The Hall–Kier alpha value is -1.68. The minimum atomic E-state index is 0.273. The first kappa shape index (κ1) is 9.54. The van der Waals surface area contributed by atoms with Gasteiger partial charge in [0.1, 0.15) is 12.1 Å². The van der Waals surface area contributed by atoms with Gasteiger partial charge in [0.25, 0.3) is 0 Å². The highest BCUT2D eigenvalue weighted by Gasteiger charge is 2.20. The Balaban J connectivity index is 2.18. The summed E-state index contributed by atoms with van der Waals surface area (Å²) in [7, 11) is 0. The average Bonchev–Trinajstić information content (AvgIpc) is 2.81. The van der Waals surface area contributed by atoms with Crippen molar-refractivity contribution < 1.29 is 5.11 Å². The molecule has 16 heavy (non-hydrogen) atoms. The summed E-state index contributed by atoms with van der Waals surface area (Å²) < 4.78 is 0. The number of fused-ring (bicyclic) bond motifs is 1. The molecule has 4 nitrogen and oxygen atoms in total. The van der Waals surface area contributed by atoms with E-state index in [1.807, 2.05) is 6.07 Å². The number of phenolic OH excluding ortho intramolecular Hbond substituents is 1. The Labute approximate surface area is 93.4 Å². The van der Waals surface area contributed by atoms with Gasteiger partial charge in [0.05, 0.1) is 11.2 Å². The highest BCUT2D eigenvalue weighted by Crippen LogP contribution is 2.28. The smallest absolute Gasteiger partial charge is 0.116 e. The molecule has 1 aromatic heterocycles. The molecule has 0 amide bonds. The van der Waals surface area contributed by atoms with Crippen LogP contribution >= 0.6 is 0 Å². The third-order valence-corrected chi connectivity index (χ3v) is 3.10. The predicted molar refractivity (Wildman–Crippen MR) is 61.4 cm³/mol. The van der Waals surface area contributed by atoms with Crippen LogP contribution in [0.15, 0.2) is 24.5 Å². The minimum Gasteiger partial charge on any atom is -0.508 e. The summed E-state index contributed by atoms with van der Waals surface area (Å²) in [5.74, 6) is 0.710. The van der Waals surface area contributed by atoms with Crippen LogP contribution in [0.25, 0.3) is 10.9 Å². The lowest BCUT2D eigenvalue weighted by Crippen LogP contribution is -2.09. The molecule has 82 valence electrons. The summed E-state index contributed by atoms with van der Waals surface area (Å²) in [5, 5.41) is 13.8. The Kier molecular flexibility index (Phi) is 2.22. The van der Waals surface area contributed by atoms with E-state index in [-0.39, 0.29) is 5.75 Å². The lowest BCUT2D eigenvalue weighted by Gasteiger charge is -2.10. The van der Waals surface area contributed by atoms with Gasteiger partial charge in [-0.15, -0.1) is 0 Å². The molecule has 1 saturated heterocycles. The number of aromatic nitrogens is 2. The molecule has 1 atom stereocenters. The van der Waals surface area contributed by atoms with E-state index in [0.717, 1.165) is 36.1 Å². The molecular weight excluding hydrogens is 202 g/mol. The van der Waals surface area contributed by atoms with Crippen LogP contribution in [0.4, 0.5) is 0 Å². The SMILES string of the molecule is Oc1ccc2ncnc(C3CCNC3)c2c1. The maximum Gasteiger partial charge on any atom is 0.116 e. The van der Waals surface area contributed by atoms with Crippen LogP contribution in [0.1, 0.15) is 18.0 Å². The maximum atomic E-state index is 9.53. The van der Waals surface area contributed by atoms with Crippen LogP contribution < -0.4 is 5.32 Å². The van der Waals surface area contributed by atoms with E-state index in [0.29, 0.717) is 5.92 Å². The van der Waals surface area contributed by atoms with E-state index >= 15 is 0 Å². The molecular formula is C12H13N3O. The second-order valence-corrected chi connectivity index (χ2v) is 4.15. The van der Waals surface area contributed by atoms with Gasteiger partial charge in [-0.3, -0.25) is 0 Å². The number of aromatic hydroxyl groups is 1. The molecule has 0 bridgehead atoms. The number of nitrogens with zero attached hydrogens (tertiary/aromatic N) is 2. The standard InChI is InChI=1S/C12H13N3O/c16-9-1-2-11-10(5-9)12(15-7-14-11)8-3-4-13-6-8/h1-2,5,7-8,13,16H,3-4,6H2. The molecule has 0 spiro atoms. The summed E-state index contributed by atoms with van der Waals surface area (Å²) in [6.07, 6.45) is 2.70. The van der Waals surface area contributed by atoms with Crippen molar-refractivity contribution in [2.45, 2.75) is 12.3 Å². The molecule has 1 unspecified atom stereocenters. The molecule has 0 radical (unpaired) electrons. The van der Waals surface area contributed by atoms with E-state index in [9.17, 15) is 5.11 Å². The van der Waals surface area contributed by atoms with E-state index < -0.39 is 0 Å². The maximum absolute atomic E-state index is 9.53. The Morgan fingerprint density at radius 2 is 2.25 bits per heavy atom. The molecule has 4 heteroatoms. The predicted octanol–water partition coefficient (Wildman–Crippen LogP) is 1.41. The normalized spacial score (nSPS) is 20.4. The monoisotopic (exact) mass is 215 g/mol. The van der Waals surface area contributed by atoms with Crippen molar-refractivity contribution in [3.8, 4) is 5.75 Å². The van der Waals surface area contributed by atoms with Crippen LogP contribution in [0.5, 0.6) is 5.75 Å². The average molecular weight is 215 g/mol.